The highest BCUT2D eigenvalue weighted by atomic mass is 19.1. The third kappa shape index (κ3) is 4.18. The van der Waals surface area contributed by atoms with Crippen LogP contribution in [-0.4, -0.2) is 11.2 Å². The number of rotatable bonds is 5. The first-order valence-corrected chi connectivity index (χ1v) is 6.67. The molecular weight excluding hydrogens is 239 g/mol. The smallest absolute Gasteiger partial charge is 0.123 e. The van der Waals surface area contributed by atoms with Crippen LogP contribution in [0.1, 0.15) is 23.6 Å². The van der Waals surface area contributed by atoms with Gasteiger partial charge in [0.15, 0.2) is 0 Å². The van der Waals surface area contributed by atoms with Crippen molar-refractivity contribution in [3.8, 4) is 0 Å². The zero-order valence-electron chi connectivity index (χ0n) is 11.1. The van der Waals surface area contributed by atoms with Crippen molar-refractivity contribution >= 4 is 0 Å². The maximum atomic E-state index is 13.0. The van der Waals surface area contributed by atoms with Crippen molar-refractivity contribution in [2.75, 3.05) is 0 Å². The fraction of sp³-hybridized carbons (Fsp3) is 0.294. The molecule has 0 saturated heterocycles. The molecule has 2 heteroatoms. The molecule has 1 nitrogen and oxygen atoms in total. The van der Waals surface area contributed by atoms with Crippen LogP contribution in [0.5, 0.6) is 0 Å². The molecule has 0 radical (unpaired) electrons. The summed E-state index contributed by atoms with van der Waals surface area (Å²) in [6, 6.07) is 14.7. The van der Waals surface area contributed by atoms with Crippen LogP contribution in [0, 0.1) is 5.82 Å². The van der Waals surface area contributed by atoms with Gasteiger partial charge in [-0.15, -0.1) is 0 Å². The number of hydrogen-bond donors (Lipinski definition) is 1. The number of hydrogen-bond acceptors (Lipinski definition) is 1. The Kier molecular flexibility index (Phi) is 4.69. The van der Waals surface area contributed by atoms with E-state index in [0.717, 1.165) is 17.5 Å². The summed E-state index contributed by atoms with van der Waals surface area (Å²) < 4.78 is 13.0. The Labute approximate surface area is 113 Å². The second-order valence-electron chi connectivity index (χ2n) is 4.86. The summed E-state index contributed by atoms with van der Waals surface area (Å²) in [5.41, 5.74) is 3.24. The summed E-state index contributed by atoms with van der Waals surface area (Å²) in [4.78, 5) is 0. The van der Waals surface area contributed by atoms with E-state index in [4.69, 9.17) is 0 Å². The lowest BCUT2D eigenvalue weighted by Gasteiger charge is -2.11. The van der Waals surface area contributed by atoms with Crippen LogP contribution in [0.25, 0.3) is 0 Å². The maximum Gasteiger partial charge on any atom is 0.123 e. The molecule has 0 bridgehead atoms. The molecule has 1 atom stereocenters. The van der Waals surface area contributed by atoms with Crippen LogP contribution < -0.4 is 0 Å². The van der Waals surface area contributed by atoms with E-state index in [9.17, 15) is 9.50 Å². The molecule has 19 heavy (non-hydrogen) atoms. The second-order valence-corrected chi connectivity index (χ2v) is 4.86. The molecule has 0 fully saturated rings. The average Bonchev–Trinajstić information content (AvgIpc) is 2.39. The zero-order chi connectivity index (χ0) is 13.7. The van der Waals surface area contributed by atoms with E-state index in [2.05, 4.69) is 19.1 Å². The Morgan fingerprint density at radius 1 is 0.947 bits per heavy atom. The maximum absolute atomic E-state index is 13.0. The summed E-state index contributed by atoms with van der Waals surface area (Å²) in [5.74, 6) is -0.253. The van der Waals surface area contributed by atoms with Gasteiger partial charge < -0.3 is 5.11 Å². The van der Waals surface area contributed by atoms with Crippen LogP contribution in [0.15, 0.2) is 48.5 Å². The third-order valence-electron chi connectivity index (χ3n) is 3.26. The van der Waals surface area contributed by atoms with E-state index in [-0.39, 0.29) is 5.82 Å². The van der Waals surface area contributed by atoms with Gasteiger partial charge in [-0.1, -0.05) is 43.3 Å². The van der Waals surface area contributed by atoms with E-state index in [0.29, 0.717) is 12.8 Å². The Hall–Kier alpha value is -1.67. The van der Waals surface area contributed by atoms with E-state index in [1.807, 2.05) is 18.2 Å². The summed E-state index contributed by atoms with van der Waals surface area (Å²) in [6.45, 7) is 2.12. The largest absolute Gasteiger partial charge is 0.392 e. The molecule has 100 valence electrons. The van der Waals surface area contributed by atoms with Gasteiger partial charge in [-0.25, -0.2) is 4.39 Å². The van der Waals surface area contributed by atoms with Crippen LogP contribution >= 0.6 is 0 Å². The molecule has 0 aromatic heterocycles. The lowest BCUT2D eigenvalue weighted by atomic mass is 10.00. The van der Waals surface area contributed by atoms with E-state index < -0.39 is 6.10 Å². The van der Waals surface area contributed by atoms with Crippen molar-refractivity contribution < 1.29 is 9.50 Å². The molecule has 0 aliphatic rings. The second kappa shape index (κ2) is 6.48. The van der Waals surface area contributed by atoms with Gasteiger partial charge in [0.1, 0.15) is 5.82 Å². The lowest BCUT2D eigenvalue weighted by Crippen LogP contribution is -2.14. The highest BCUT2D eigenvalue weighted by Gasteiger charge is 2.07. The summed E-state index contributed by atoms with van der Waals surface area (Å²) in [7, 11) is 0. The van der Waals surface area contributed by atoms with Gasteiger partial charge in [0, 0.05) is 0 Å². The van der Waals surface area contributed by atoms with Crippen molar-refractivity contribution in [2.24, 2.45) is 0 Å². The van der Waals surface area contributed by atoms with Crippen molar-refractivity contribution in [1.82, 2.24) is 0 Å². The first kappa shape index (κ1) is 13.8. The molecule has 2 rings (SSSR count). The molecule has 1 N–H and O–H groups in total. The minimum absolute atomic E-state index is 0.253. The molecule has 0 spiro atoms. The molecule has 0 heterocycles. The zero-order valence-corrected chi connectivity index (χ0v) is 11.1. The highest BCUT2D eigenvalue weighted by molar-refractivity contribution is 5.24. The first-order valence-electron chi connectivity index (χ1n) is 6.67. The molecule has 0 aliphatic carbocycles. The number of aliphatic hydroxyl groups excluding tert-OH is 1. The highest BCUT2D eigenvalue weighted by Crippen LogP contribution is 2.12. The van der Waals surface area contributed by atoms with Crippen LogP contribution in [0.4, 0.5) is 4.39 Å². The van der Waals surface area contributed by atoms with Crippen molar-refractivity contribution in [2.45, 2.75) is 32.3 Å². The van der Waals surface area contributed by atoms with Gasteiger partial charge in [0.05, 0.1) is 6.10 Å². The van der Waals surface area contributed by atoms with Crippen molar-refractivity contribution in [3.05, 3.63) is 71.0 Å². The van der Waals surface area contributed by atoms with Gasteiger partial charge in [0.25, 0.3) is 0 Å². The van der Waals surface area contributed by atoms with Gasteiger partial charge >= 0.3 is 0 Å². The lowest BCUT2D eigenvalue weighted by molar-refractivity contribution is 0.175. The number of benzene rings is 2. The summed E-state index contributed by atoms with van der Waals surface area (Å²) in [5, 5.41) is 10.1. The molecule has 0 aliphatic heterocycles. The molecule has 2 aromatic carbocycles. The minimum atomic E-state index is -0.478. The predicted octanol–water partition coefficient (Wildman–Crippen LogP) is 3.53. The van der Waals surface area contributed by atoms with E-state index in [1.165, 1.54) is 17.7 Å². The molecule has 1 unspecified atom stereocenters. The van der Waals surface area contributed by atoms with E-state index >= 15 is 0 Å². The SMILES string of the molecule is CCc1ccc(CC(O)Cc2cccc(F)c2)cc1. The van der Waals surface area contributed by atoms with Gasteiger partial charge in [-0.3, -0.25) is 0 Å². The minimum Gasteiger partial charge on any atom is -0.392 e. The van der Waals surface area contributed by atoms with Gasteiger partial charge in [0.2, 0.25) is 0 Å². The Balaban J connectivity index is 1.95. The first-order chi connectivity index (χ1) is 9.17. The molecule has 0 amide bonds. The van der Waals surface area contributed by atoms with Crippen molar-refractivity contribution in [1.29, 1.82) is 0 Å². The molecule has 0 saturated carbocycles. The number of halogens is 1. The normalized spacial score (nSPS) is 12.4. The standard InChI is InChI=1S/C17H19FO/c1-2-13-6-8-14(9-7-13)11-17(19)12-15-4-3-5-16(18)10-15/h3-10,17,19H,2,11-12H2,1H3. The Bertz CT molecular complexity index is 519. The number of aryl methyl sites for hydroxylation is 1. The summed E-state index contributed by atoms with van der Waals surface area (Å²) in [6.07, 6.45) is 1.62. The van der Waals surface area contributed by atoms with Crippen molar-refractivity contribution in [3.63, 3.8) is 0 Å². The average molecular weight is 258 g/mol. The van der Waals surface area contributed by atoms with Crippen LogP contribution in [0.3, 0.4) is 0 Å². The fourth-order valence-corrected chi connectivity index (χ4v) is 2.19. The molecular formula is C17H19FO. The Morgan fingerprint density at radius 2 is 1.58 bits per heavy atom. The van der Waals surface area contributed by atoms with E-state index in [1.54, 1.807) is 6.07 Å². The summed E-state index contributed by atoms with van der Waals surface area (Å²) >= 11 is 0. The fourth-order valence-electron chi connectivity index (χ4n) is 2.19. The van der Waals surface area contributed by atoms with Crippen LogP contribution in [0.2, 0.25) is 0 Å². The topological polar surface area (TPSA) is 20.2 Å². The molecule has 2 aromatic rings. The quantitative estimate of drug-likeness (QED) is 0.869. The van der Waals surface area contributed by atoms with Crippen LogP contribution in [-0.2, 0) is 19.3 Å². The van der Waals surface area contributed by atoms with Gasteiger partial charge in [-0.2, -0.15) is 0 Å². The monoisotopic (exact) mass is 258 g/mol. The predicted molar refractivity (Wildman–Crippen MR) is 75.6 cm³/mol. The number of aliphatic hydroxyl groups is 1. The Morgan fingerprint density at radius 3 is 2.21 bits per heavy atom. The third-order valence-corrected chi connectivity index (χ3v) is 3.26. The van der Waals surface area contributed by atoms with Gasteiger partial charge in [-0.05, 0) is 48.1 Å².